The minimum Gasteiger partial charge on any atom is -0.497 e. The van der Waals surface area contributed by atoms with Crippen molar-refractivity contribution in [1.29, 1.82) is 0 Å². The molecule has 0 fully saturated rings. The molecule has 0 aliphatic rings. The molecular weight excluding hydrogens is 242 g/mol. The zero-order valence-electron chi connectivity index (χ0n) is 11.1. The normalized spacial score (nSPS) is 10.1. The van der Waals surface area contributed by atoms with Gasteiger partial charge in [-0.3, -0.25) is 9.78 Å². The number of aryl methyl sites for hydroxylation is 1. The zero-order chi connectivity index (χ0) is 13.8. The van der Waals surface area contributed by atoms with E-state index in [-0.39, 0.29) is 5.78 Å². The number of benzene rings is 1. The van der Waals surface area contributed by atoms with Gasteiger partial charge in [-0.15, -0.1) is 0 Å². The summed E-state index contributed by atoms with van der Waals surface area (Å²) in [6, 6.07) is 8.70. The van der Waals surface area contributed by atoms with Crippen molar-refractivity contribution in [2.45, 2.75) is 6.92 Å². The summed E-state index contributed by atoms with van der Waals surface area (Å²) >= 11 is 0. The second-order valence-electron chi connectivity index (χ2n) is 4.11. The van der Waals surface area contributed by atoms with Crippen LogP contribution in [0.25, 0.3) is 0 Å². The van der Waals surface area contributed by atoms with Crippen LogP contribution in [0.2, 0.25) is 0 Å². The average Bonchev–Trinajstić information content (AvgIpc) is 2.45. The van der Waals surface area contributed by atoms with Crippen LogP contribution in [0.5, 0.6) is 11.5 Å². The molecule has 0 N–H and O–H groups in total. The zero-order valence-corrected chi connectivity index (χ0v) is 11.1. The van der Waals surface area contributed by atoms with E-state index in [0.717, 1.165) is 5.56 Å². The topological polar surface area (TPSA) is 48.4 Å². The number of carbonyl (C=O) groups is 1. The molecule has 1 aromatic carbocycles. The van der Waals surface area contributed by atoms with E-state index >= 15 is 0 Å². The van der Waals surface area contributed by atoms with Crippen molar-refractivity contribution in [3.63, 3.8) is 0 Å². The molecule has 0 saturated heterocycles. The largest absolute Gasteiger partial charge is 0.497 e. The SMILES string of the molecule is COc1ccc(C(=O)c2cc(C)ccn2)c(OC)c1. The number of hydrogen-bond acceptors (Lipinski definition) is 4. The van der Waals surface area contributed by atoms with Crippen molar-refractivity contribution < 1.29 is 14.3 Å². The molecule has 1 aromatic heterocycles. The van der Waals surface area contributed by atoms with Crippen LogP contribution in [-0.4, -0.2) is 25.0 Å². The maximum Gasteiger partial charge on any atom is 0.215 e. The third-order valence-corrected chi connectivity index (χ3v) is 2.80. The summed E-state index contributed by atoms with van der Waals surface area (Å²) in [5, 5.41) is 0. The summed E-state index contributed by atoms with van der Waals surface area (Å²) < 4.78 is 10.3. The number of ketones is 1. The lowest BCUT2D eigenvalue weighted by atomic mass is 10.1. The quantitative estimate of drug-likeness (QED) is 0.790. The van der Waals surface area contributed by atoms with Crippen LogP contribution in [-0.2, 0) is 0 Å². The van der Waals surface area contributed by atoms with Gasteiger partial charge in [0.15, 0.2) is 0 Å². The van der Waals surface area contributed by atoms with E-state index < -0.39 is 0 Å². The Morgan fingerprint density at radius 2 is 1.89 bits per heavy atom. The number of pyridine rings is 1. The highest BCUT2D eigenvalue weighted by Gasteiger charge is 2.16. The number of methoxy groups -OCH3 is 2. The number of rotatable bonds is 4. The van der Waals surface area contributed by atoms with Crippen LogP contribution < -0.4 is 9.47 Å². The Hall–Kier alpha value is -2.36. The molecule has 0 spiro atoms. The number of carbonyl (C=O) groups excluding carboxylic acids is 1. The predicted octanol–water partition coefficient (Wildman–Crippen LogP) is 2.64. The summed E-state index contributed by atoms with van der Waals surface area (Å²) in [5.41, 5.74) is 1.87. The number of nitrogens with zero attached hydrogens (tertiary/aromatic N) is 1. The van der Waals surface area contributed by atoms with E-state index in [4.69, 9.17) is 9.47 Å². The fourth-order valence-corrected chi connectivity index (χ4v) is 1.78. The molecule has 19 heavy (non-hydrogen) atoms. The van der Waals surface area contributed by atoms with Crippen LogP contribution in [0.1, 0.15) is 21.6 Å². The molecule has 1 heterocycles. The average molecular weight is 257 g/mol. The van der Waals surface area contributed by atoms with Crippen LogP contribution in [0.4, 0.5) is 0 Å². The Kier molecular flexibility index (Phi) is 3.80. The Morgan fingerprint density at radius 1 is 1.11 bits per heavy atom. The Labute approximate surface area is 112 Å². The van der Waals surface area contributed by atoms with Crippen molar-refractivity contribution in [3.05, 3.63) is 53.3 Å². The first-order valence-electron chi connectivity index (χ1n) is 5.85. The van der Waals surface area contributed by atoms with E-state index in [1.165, 1.54) is 7.11 Å². The molecule has 0 unspecified atom stereocenters. The fraction of sp³-hybridized carbons (Fsp3) is 0.200. The first kappa shape index (κ1) is 13.1. The number of ether oxygens (including phenoxy) is 2. The van der Waals surface area contributed by atoms with Crippen molar-refractivity contribution in [2.24, 2.45) is 0 Å². The standard InChI is InChI=1S/C15H15NO3/c1-10-6-7-16-13(8-10)15(17)12-5-4-11(18-2)9-14(12)19-3/h4-9H,1-3H3. The van der Waals surface area contributed by atoms with Gasteiger partial charge in [0.1, 0.15) is 17.2 Å². The van der Waals surface area contributed by atoms with Crippen molar-refractivity contribution in [1.82, 2.24) is 4.98 Å². The van der Waals surface area contributed by atoms with E-state index in [9.17, 15) is 4.79 Å². The lowest BCUT2D eigenvalue weighted by Crippen LogP contribution is -2.06. The molecule has 2 aromatic rings. The molecule has 4 nitrogen and oxygen atoms in total. The minimum absolute atomic E-state index is 0.164. The Morgan fingerprint density at radius 3 is 2.53 bits per heavy atom. The molecule has 0 aliphatic carbocycles. The third kappa shape index (κ3) is 2.73. The van der Waals surface area contributed by atoms with Gasteiger partial charge in [0, 0.05) is 12.3 Å². The summed E-state index contributed by atoms with van der Waals surface area (Å²) in [7, 11) is 3.09. The van der Waals surface area contributed by atoms with Gasteiger partial charge in [-0.25, -0.2) is 0 Å². The lowest BCUT2D eigenvalue weighted by molar-refractivity contribution is 0.103. The fourth-order valence-electron chi connectivity index (χ4n) is 1.78. The maximum atomic E-state index is 12.4. The summed E-state index contributed by atoms with van der Waals surface area (Å²) in [4.78, 5) is 16.5. The highest BCUT2D eigenvalue weighted by Crippen LogP contribution is 2.26. The molecule has 98 valence electrons. The summed E-state index contributed by atoms with van der Waals surface area (Å²) in [6.45, 7) is 1.92. The van der Waals surface area contributed by atoms with Crippen LogP contribution in [0.3, 0.4) is 0 Å². The summed E-state index contributed by atoms with van der Waals surface area (Å²) in [5.74, 6) is 0.960. The molecule has 0 bridgehead atoms. The second-order valence-corrected chi connectivity index (χ2v) is 4.11. The highest BCUT2D eigenvalue weighted by atomic mass is 16.5. The van der Waals surface area contributed by atoms with Gasteiger partial charge in [0.2, 0.25) is 5.78 Å². The predicted molar refractivity (Wildman–Crippen MR) is 72.0 cm³/mol. The molecule has 0 saturated carbocycles. The van der Waals surface area contributed by atoms with E-state index in [1.54, 1.807) is 37.6 Å². The highest BCUT2D eigenvalue weighted by molar-refractivity contribution is 6.09. The van der Waals surface area contributed by atoms with E-state index in [2.05, 4.69) is 4.98 Å². The van der Waals surface area contributed by atoms with Crippen LogP contribution >= 0.6 is 0 Å². The Balaban J connectivity index is 2.44. The van der Waals surface area contributed by atoms with Crippen molar-refractivity contribution in [2.75, 3.05) is 14.2 Å². The van der Waals surface area contributed by atoms with Gasteiger partial charge >= 0.3 is 0 Å². The van der Waals surface area contributed by atoms with Gasteiger partial charge in [-0.2, -0.15) is 0 Å². The van der Waals surface area contributed by atoms with Crippen LogP contribution in [0.15, 0.2) is 36.5 Å². The molecule has 2 rings (SSSR count). The van der Waals surface area contributed by atoms with Crippen molar-refractivity contribution in [3.8, 4) is 11.5 Å². The van der Waals surface area contributed by atoms with Crippen molar-refractivity contribution >= 4 is 5.78 Å². The lowest BCUT2D eigenvalue weighted by Gasteiger charge is -2.09. The van der Waals surface area contributed by atoms with Gasteiger partial charge in [0.25, 0.3) is 0 Å². The second kappa shape index (κ2) is 5.52. The molecule has 0 atom stereocenters. The van der Waals surface area contributed by atoms with Gasteiger partial charge in [0.05, 0.1) is 19.8 Å². The first-order valence-corrected chi connectivity index (χ1v) is 5.85. The first-order chi connectivity index (χ1) is 9.15. The summed E-state index contributed by atoms with van der Waals surface area (Å²) in [6.07, 6.45) is 1.62. The molecule has 0 radical (unpaired) electrons. The molecule has 0 amide bonds. The van der Waals surface area contributed by atoms with Gasteiger partial charge in [-0.1, -0.05) is 0 Å². The maximum absolute atomic E-state index is 12.4. The molecular formula is C15H15NO3. The number of aromatic nitrogens is 1. The smallest absolute Gasteiger partial charge is 0.215 e. The van der Waals surface area contributed by atoms with Gasteiger partial charge < -0.3 is 9.47 Å². The Bertz CT molecular complexity index is 608. The monoisotopic (exact) mass is 257 g/mol. The molecule has 0 aliphatic heterocycles. The number of hydrogen-bond donors (Lipinski definition) is 0. The third-order valence-electron chi connectivity index (χ3n) is 2.80. The van der Waals surface area contributed by atoms with Gasteiger partial charge in [-0.05, 0) is 36.8 Å². The van der Waals surface area contributed by atoms with E-state index in [1.807, 2.05) is 13.0 Å². The molecule has 4 heteroatoms. The minimum atomic E-state index is -0.164. The van der Waals surface area contributed by atoms with Crippen LogP contribution in [0, 0.1) is 6.92 Å². The van der Waals surface area contributed by atoms with E-state index in [0.29, 0.717) is 22.8 Å².